The van der Waals surface area contributed by atoms with Crippen LogP contribution >= 0.6 is 0 Å². The molecule has 4 aromatic rings. The number of non-ortho nitro benzene ring substituents is 1. The molecule has 0 bridgehead atoms. The summed E-state index contributed by atoms with van der Waals surface area (Å²) in [4.78, 5) is 27.6. The highest BCUT2D eigenvalue weighted by Gasteiger charge is 2.14. The lowest BCUT2D eigenvalue weighted by molar-refractivity contribution is -0.384. The molecule has 0 aliphatic heterocycles. The van der Waals surface area contributed by atoms with Crippen LogP contribution in [0.2, 0.25) is 0 Å². The van der Waals surface area contributed by atoms with Gasteiger partial charge in [-0.2, -0.15) is 4.68 Å². The number of benzene rings is 2. The first kappa shape index (κ1) is 18.3. The molecule has 10 nitrogen and oxygen atoms in total. The standard InChI is InChI=1S/C19H16N6O4/c1-2-29-16-8-6-14(7-9-16)24-18-17(21-22-24)19(26)23(12-20-18)11-13-4-3-5-15(10-13)25(27)28/h3-10,12H,2,11H2,1H3. The monoisotopic (exact) mass is 392 g/mol. The Morgan fingerprint density at radius 3 is 2.69 bits per heavy atom. The topological polar surface area (TPSA) is 118 Å². The molecule has 0 amide bonds. The van der Waals surface area contributed by atoms with Gasteiger partial charge in [-0.05, 0) is 36.8 Å². The van der Waals surface area contributed by atoms with Crippen molar-refractivity contribution < 1.29 is 9.66 Å². The molecular weight excluding hydrogens is 376 g/mol. The van der Waals surface area contributed by atoms with Gasteiger partial charge in [0.15, 0.2) is 11.2 Å². The summed E-state index contributed by atoms with van der Waals surface area (Å²) in [6.07, 6.45) is 1.39. The van der Waals surface area contributed by atoms with Gasteiger partial charge in [0.2, 0.25) is 0 Å². The van der Waals surface area contributed by atoms with E-state index in [4.69, 9.17) is 4.74 Å². The van der Waals surface area contributed by atoms with Crippen LogP contribution in [0.15, 0.2) is 59.7 Å². The van der Waals surface area contributed by atoms with Crippen molar-refractivity contribution in [3.8, 4) is 11.4 Å². The summed E-state index contributed by atoms with van der Waals surface area (Å²) in [5.74, 6) is 0.730. The molecule has 0 saturated carbocycles. The summed E-state index contributed by atoms with van der Waals surface area (Å²) < 4.78 is 8.25. The highest BCUT2D eigenvalue weighted by Crippen LogP contribution is 2.17. The molecule has 0 fully saturated rings. The maximum Gasteiger partial charge on any atom is 0.283 e. The van der Waals surface area contributed by atoms with Crippen molar-refractivity contribution in [1.29, 1.82) is 0 Å². The first-order chi connectivity index (χ1) is 14.1. The Hall–Kier alpha value is -4.08. The number of hydrogen-bond acceptors (Lipinski definition) is 7. The predicted molar refractivity (Wildman–Crippen MR) is 104 cm³/mol. The molecule has 0 radical (unpaired) electrons. The third kappa shape index (κ3) is 3.55. The highest BCUT2D eigenvalue weighted by atomic mass is 16.6. The minimum atomic E-state index is -0.476. The molecule has 0 N–H and O–H groups in total. The number of aromatic nitrogens is 5. The van der Waals surface area contributed by atoms with Crippen LogP contribution in [0.25, 0.3) is 16.9 Å². The molecule has 0 saturated heterocycles. The zero-order valence-corrected chi connectivity index (χ0v) is 15.4. The molecule has 0 atom stereocenters. The van der Waals surface area contributed by atoms with Crippen LogP contribution in [-0.4, -0.2) is 36.1 Å². The quantitative estimate of drug-likeness (QED) is 0.365. The lowest BCUT2D eigenvalue weighted by Crippen LogP contribution is -2.21. The number of nitro benzene ring substituents is 1. The van der Waals surface area contributed by atoms with Crippen LogP contribution < -0.4 is 10.3 Å². The van der Waals surface area contributed by atoms with Gasteiger partial charge in [-0.15, -0.1) is 5.10 Å². The Labute approximate surface area is 164 Å². The molecule has 146 valence electrons. The Kier molecular flexibility index (Phi) is 4.73. The number of nitrogens with zero attached hydrogens (tertiary/aromatic N) is 6. The van der Waals surface area contributed by atoms with Gasteiger partial charge in [-0.3, -0.25) is 19.5 Å². The van der Waals surface area contributed by atoms with E-state index in [2.05, 4.69) is 15.3 Å². The number of rotatable bonds is 6. The minimum absolute atomic E-state index is 0.0361. The second-order valence-electron chi connectivity index (χ2n) is 6.21. The summed E-state index contributed by atoms with van der Waals surface area (Å²) in [5, 5.41) is 19.0. The van der Waals surface area contributed by atoms with E-state index in [9.17, 15) is 14.9 Å². The van der Waals surface area contributed by atoms with E-state index in [-0.39, 0.29) is 23.3 Å². The first-order valence-corrected chi connectivity index (χ1v) is 8.84. The van der Waals surface area contributed by atoms with Crippen molar-refractivity contribution in [3.05, 3.63) is 80.9 Å². The van der Waals surface area contributed by atoms with E-state index < -0.39 is 4.92 Å². The van der Waals surface area contributed by atoms with E-state index in [1.807, 2.05) is 6.92 Å². The fourth-order valence-corrected chi connectivity index (χ4v) is 2.95. The SMILES string of the molecule is CCOc1ccc(-n2nnc3c(=O)n(Cc4cccc([N+](=O)[O-])c4)cnc32)cc1. The third-order valence-electron chi connectivity index (χ3n) is 4.30. The molecule has 2 aromatic carbocycles. The van der Waals surface area contributed by atoms with Gasteiger partial charge in [0.1, 0.15) is 12.1 Å². The Balaban J connectivity index is 1.68. The van der Waals surface area contributed by atoms with Gasteiger partial charge < -0.3 is 4.74 Å². The smallest absolute Gasteiger partial charge is 0.283 e. The summed E-state index contributed by atoms with van der Waals surface area (Å²) in [5.41, 5.74) is 1.34. The number of hydrogen-bond donors (Lipinski definition) is 0. The van der Waals surface area contributed by atoms with E-state index in [0.717, 1.165) is 5.75 Å². The van der Waals surface area contributed by atoms with Crippen molar-refractivity contribution in [1.82, 2.24) is 24.5 Å². The van der Waals surface area contributed by atoms with E-state index in [1.165, 1.54) is 27.7 Å². The second-order valence-corrected chi connectivity index (χ2v) is 6.21. The third-order valence-corrected chi connectivity index (χ3v) is 4.30. The number of nitro groups is 1. The van der Waals surface area contributed by atoms with Gasteiger partial charge in [0.25, 0.3) is 11.2 Å². The highest BCUT2D eigenvalue weighted by molar-refractivity contribution is 5.70. The van der Waals surface area contributed by atoms with Crippen LogP contribution in [0.4, 0.5) is 5.69 Å². The Morgan fingerprint density at radius 2 is 1.97 bits per heavy atom. The first-order valence-electron chi connectivity index (χ1n) is 8.84. The summed E-state index contributed by atoms with van der Waals surface area (Å²) in [6, 6.07) is 13.3. The molecule has 0 aliphatic rings. The van der Waals surface area contributed by atoms with Crippen LogP contribution in [-0.2, 0) is 6.54 Å². The van der Waals surface area contributed by atoms with Gasteiger partial charge >= 0.3 is 0 Å². The number of fused-ring (bicyclic) bond motifs is 1. The molecule has 2 heterocycles. The van der Waals surface area contributed by atoms with E-state index in [0.29, 0.717) is 23.5 Å². The second kappa shape index (κ2) is 7.50. The molecule has 0 spiro atoms. The molecule has 2 aromatic heterocycles. The zero-order valence-electron chi connectivity index (χ0n) is 15.4. The largest absolute Gasteiger partial charge is 0.494 e. The lowest BCUT2D eigenvalue weighted by atomic mass is 10.2. The molecular formula is C19H16N6O4. The van der Waals surface area contributed by atoms with Crippen molar-refractivity contribution >= 4 is 16.9 Å². The van der Waals surface area contributed by atoms with Crippen LogP contribution in [0.5, 0.6) is 5.75 Å². The molecule has 4 rings (SSSR count). The maximum absolute atomic E-state index is 12.8. The molecule has 0 aliphatic carbocycles. The Morgan fingerprint density at radius 1 is 1.17 bits per heavy atom. The van der Waals surface area contributed by atoms with Crippen molar-refractivity contribution in [3.63, 3.8) is 0 Å². The maximum atomic E-state index is 12.8. The van der Waals surface area contributed by atoms with Crippen LogP contribution in [0.3, 0.4) is 0 Å². The molecule has 10 heteroatoms. The van der Waals surface area contributed by atoms with E-state index in [1.54, 1.807) is 36.4 Å². The average Bonchev–Trinajstić information content (AvgIpc) is 3.16. The summed E-state index contributed by atoms with van der Waals surface area (Å²) in [7, 11) is 0. The average molecular weight is 392 g/mol. The van der Waals surface area contributed by atoms with Gasteiger partial charge in [0, 0.05) is 12.1 Å². The predicted octanol–water partition coefficient (Wildman–Crippen LogP) is 2.33. The van der Waals surface area contributed by atoms with Gasteiger partial charge in [-0.1, -0.05) is 17.3 Å². The van der Waals surface area contributed by atoms with Crippen molar-refractivity contribution in [2.45, 2.75) is 13.5 Å². The van der Waals surface area contributed by atoms with Gasteiger partial charge in [0.05, 0.1) is 23.8 Å². The number of ether oxygens (including phenoxy) is 1. The van der Waals surface area contributed by atoms with Gasteiger partial charge in [-0.25, -0.2) is 4.98 Å². The minimum Gasteiger partial charge on any atom is -0.494 e. The van der Waals surface area contributed by atoms with Crippen molar-refractivity contribution in [2.24, 2.45) is 0 Å². The van der Waals surface area contributed by atoms with Crippen molar-refractivity contribution in [2.75, 3.05) is 6.61 Å². The normalized spacial score (nSPS) is 10.9. The Bertz CT molecular complexity index is 1250. The molecule has 0 unspecified atom stereocenters. The fraction of sp³-hybridized carbons (Fsp3) is 0.158. The lowest BCUT2D eigenvalue weighted by Gasteiger charge is -2.06. The van der Waals surface area contributed by atoms with E-state index >= 15 is 0 Å². The summed E-state index contributed by atoms with van der Waals surface area (Å²) in [6.45, 7) is 2.61. The molecule has 29 heavy (non-hydrogen) atoms. The summed E-state index contributed by atoms with van der Waals surface area (Å²) >= 11 is 0. The fourth-order valence-electron chi connectivity index (χ4n) is 2.95. The van der Waals surface area contributed by atoms with Crippen LogP contribution in [0, 0.1) is 10.1 Å². The van der Waals surface area contributed by atoms with Crippen LogP contribution in [0.1, 0.15) is 12.5 Å². The zero-order chi connectivity index (χ0) is 20.4.